The molecule has 1 N–H and O–H groups in total. The number of hydrogen-bond donors (Lipinski definition) is 1. The monoisotopic (exact) mass is 481 g/mol. The van der Waals surface area contributed by atoms with Gasteiger partial charge in [0.2, 0.25) is 11.8 Å². The number of aromatic amines is 1. The van der Waals surface area contributed by atoms with Crippen molar-refractivity contribution in [1.82, 2.24) is 14.8 Å². The quantitative estimate of drug-likeness (QED) is 0.466. The van der Waals surface area contributed by atoms with Crippen molar-refractivity contribution in [3.8, 4) is 11.5 Å². The zero-order valence-electron chi connectivity index (χ0n) is 20.2. The van der Waals surface area contributed by atoms with E-state index >= 15 is 0 Å². The number of carbonyl (C=O) groups excluding carboxylic acids is 2. The Morgan fingerprint density at radius 3 is 2.44 bits per heavy atom. The molecule has 1 fully saturated rings. The van der Waals surface area contributed by atoms with Crippen LogP contribution in [-0.2, 0) is 22.6 Å². The zero-order valence-corrected chi connectivity index (χ0v) is 20.2. The van der Waals surface area contributed by atoms with Crippen molar-refractivity contribution in [2.24, 2.45) is 0 Å². The number of H-pyrrole nitrogens is 1. The fourth-order valence-corrected chi connectivity index (χ4v) is 5.64. The number of nitrogens with one attached hydrogen (secondary N) is 1. The molecule has 0 spiro atoms. The lowest BCUT2D eigenvalue weighted by Gasteiger charge is -2.47. The number of para-hydroxylation sites is 1. The summed E-state index contributed by atoms with van der Waals surface area (Å²) < 4.78 is 10.8. The second-order valence-corrected chi connectivity index (χ2v) is 9.28. The molecule has 7 nitrogen and oxygen atoms in total. The van der Waals surface area contributed by atoms with E-state index in [1.165, 1.54) is 0 Å². The number of benzene rings is 3. The number of methoxy groups -OCH3 is 2. The summed E-state index contributed by atoms with van der Waals surface area (Å²) in [5, 5.41) is 1.10. The van der Waals surface area contributed by atoms with Crippen molar-refractivity contribution in [2.75, 3.05) is 20.8 Å². The first kappa shape index (κ1) is 22.2. The Hall–Kier alpha value is -4.26. The van der Waals surface area contributed by atoms with Gasteiger partial charge in [-0.3, -0.25) is 9.59 Å². The molecule has 0 saturated carbocycles. The molecule has 2 aliphatic heterocycles. The molecule has 0 radical (unpaired) electrons. The highest BCUT2D eigenvalue weighted by atomic mass is 16.5. The van der Waals surface area contributed by atoms with Gasteiger partial charge in [-0.1, -0.05) is 54.6 Å². The fraction of sp³-hybridized carbons (Fsp3) is 0.241. The summed E-state index contributed by atoms with van der Waals surface area (Å²) in [7, 11) is 3.17. The molecule has 6 rings (SSSR count). The number of fused-ring (bicyclic) bond motifs is 4. The average molecular weight is 482 g/mol. The largest absolute Gasteiger partial charge is 0.493 e. The van der Waals surface area contributed by atoms with Gasteiger partial charge in [-0.05, 0) is 34.9 Å². The predicted octanol–water partition coefficient (Wildman–Crippen LogP) is 4.07. The highest BCUT2D eigenvalue weighted by Gasteiger charge is 2.48. The minimum Gasteiger partial charge on any atom is -0.493 e. The van der Waals surface area contributed by atoms with Crippen LogP contribution >= 0.6 is 0 Å². The van der Waals surface area contributed by atoms with Gasteiger partial charge in [-0.15, -0.1) is 0 Å². The van der Waals surface area contributed by atoms with Crippen LogP contribution in [0.5, 0.6) is 11.5 Å². The van der Waals surface area contributed by atoms with Gasteiger partial charge in [0.25, 0.3) is 0 Å². The Morgan fingerprint density at radius 2 is 1.67 bits per heavy atom. The van der Waals surface area contributed by atoms with Crippen molar-refractivity contribution in [1.29, 1.82) is 0 Å². The summed E-state index contributed by atoms with van der Waals surface area (Å²) in [6.45, 7) is 0.356. The van der Waals surface area contributed by atoms with Crippen molar-refractivity contribution in [3.63, 3.8) is 0 Å². The van der Waals surface area contributed by atoms with E-state index in [0.717, 1.165) is 33.3 Å². The molecule has 7 heteroatoms. The van der Waals surface area contributed by atoms with Crippen LogP contribution < -0.4 is 9.47 Å². The predicted molar refractivity (Wildman–Crippen MR) is 136 cm³/mol. The summed E-state index contributed by atoms with van der Waals surface area (Å²) in [6, 6.07) is 22.8. The van der Waals surface area contributed by atoms with E-state index in [1.54, 1.807) is 24.0 Å². The maximum Gasteiger partial charge on any atom is 0.246 e. The third-order valence-electron chi connectivity index (χ3n) is 7.28. The highest BCUT2D eigenvalue weighted by molar-refractivity contribution is 5.97. The van der Waals surface area contributed by atoms with Gasteiger partial charge in [0.15, 0.2) is 11.5 Å². The molecule has 36 heavy (non-hydrogen) atoms. The maximum atomic E-state index is 13.9. The third-order valence-corrected chi connectivity index (χ3v) is 7.28. The van der Waals surface area contributed by atoms with E-state index in [0.29, 0.717) is 24.5 Å². The summed E-state index contributed by atoms with van der Waals surface area (Å²) >= 11 is 0. The van der Waals surface area contributed by atoms with Crippen LogP contribution in [-0.4, -0.2) is 53.4 Å². The molecule has 1 aromatic heterocycles. The van der Waals surface area contributed by atoms with Gasteiger partial charge in [0.1, 0.15) is 12.6 Å². The van der Waals surface area contributed by atoms with E-state index in [4.69, 9.17) is 9.47 Å². The number of carbonyl (C=O) groups is 2. The van der Waals surface area contributed by atoms with E-state index in [2.05, 4.69) is 11.1 Å². The zero-order chi connectivity index (χ0) is 24.8. The molecule has 2 aliphatic rings. The molecule has 2 amide bonds. The van der Waals surface area contributed by atoms with E-state index in [1.807, 2.05) is 66.7 Å². The molecule has 4 aromatic rings. The first-order valence-corrected chi connectivity index (χ1v) is 12.0. The highest BCUT2D eigenvalue weighted by Crippen LogP contribution is 2.42. The van der Waals surface area contributed by atoms with Gasteiger partial charge in [0, 0.05) is 29.6 Å². The van der Waals surface area contributed by atoms with E-state index < -0.39 is 6.04 Å². The molecule has 2 atom stereocenters. The molecule has 3 heterocycles. The molecule has 0 bridgehead atoms. The number of nitrogens with zero attached hydrogens (tertiary/aromatic N) is 2. The topological polar surface area (TPSA) is 74.9 Å². The van der Waals surface area contributed by atoms with Gasteiger partial charge in [-0.2, -0.15) is 0 Å². The molecule has 3 aromatic carbocycles. The smallest absolute Gasteiger partial charge is 0.246 e. The van der Waals surface area contributed by atoms with Crippen LogP contribution in [0.4, 0.5) is 0 Å². The number of hydrogen-bond acceptors (Lipinski definition) is 4. The number of aromatic nitrogens is 1. The van der Waals surface area contributed by atoms with Gasteiger partial charge < -0.3 is 24.3 Å². The first-order valence-electron chi connectivity index (χ1n) is 12.0. The normalized spacial score (nSPS) is 19.3. The average Bonchev–Trinajstić information content (AvgIpc) is 3.29. The Balaban J connectivity index is 1.40. The summed E-state index contributed by atoms with van der Waals surface area (Å²) in [5.41, 5.74) is 4.99. The van der Waals surface area contributed by atoms with Crippen LogP contribution in [0.3, 0.4) is 0 Å². The lowest BCUT2D eigenvalue weighted by molar-refractivity contribution is -0.159. The van der Waals surface area contributed by atoms with Crippen LogP contribution in [0.25, 0.3) is 10.9 Å². The third kappa shape index (κ3) is 3.50. The fourth-order valence-electron chi connectivity index (χ4n) is 5.64. The minimum atomic E-state index is -0.566. The minimum absolute atomic E-state index is 0.0303. The van der Waals surface area contributed by atoms with Gasteiger partial charge >= 0.3 is 0 Å². The molecular weight excluding hydrogens is 454 g/mol. The number of piperazine rings is 1. The van der Waals surface area contributed by atoms with Crippen LogP contribution in [0, 0.1) is 0 Å². The summed E-state index contributed by atoms with van der Waals surface area (Å²) in [4.78, 5) is 34.6. The summed E-state index contributed by atoms with van der Waals surface area (Å²) in [6.07, 6.45) is 0.482. The van der Waals surface area contributed by atoms with Crippen molar-refractivity contribution in [3.05, 3.63) is 95.2 Å². The van der Waals surface area contributed by atoms with E-state index in [-0.39, 0.29) is 24.4 Å². The van der Waals surface area contributed by atoms with Crippen LogP contribution in [0.2, 0.25) is 0 Å². The Morgan fingerprint density at radius 1 is 0.917 bits per heavy atom. The van der Waals surface area contributed by atoms with Crippen molar-refractivity contribution < 1.29 is 19.1 Å². The lowest BCUT2D eigenvalue weighted by atomic mass is 9.86. The standard InChI is InChI=1S/C29H27N3O4/c1-35-24-13-12-18(14-25(24)36-2)16-31-17-26(33)32-23(29(31)34)15-21-20-10-6-7-11-22(20)30-27(21)28(32)19-8-4-3-5-9-19/h3-14,23,28,30H,15-17H2,1-2H3. The van der Waals surface area contributed by atoms with Gasteiger partial charge in [0.05, 0.1) is 20.3 Å². The molecule has 0 aliphatic carbocycles. The SMILES string of the molecule is COc1ccc(CN2CC(=O)N3C(Cc4c([nH]c5ccccc45)C3c3ccccc3)C2=O)cc1OC. The second-order valence-electron chi connectivity index (χ2n) is 9.28. The summed E-state index contributed by atoms with van der Waals surface area (Å²) in [5.74, 6) is 1.12. The molecular formula is C29H27N3O4. The van der Waals surface area contributed by atoms with Crippen molar-refractivity contribution in [2.45, 2.75) is 25.0 Å². The lowest BCUT2D eigenvalue weighted by Crippen LogP contribution is -2.62. The number of rotatable bonds is 5. The number of amides is 2. The molecule has 1 saturated heterocycles. The Kier molecular flexibility index (Phi) is 5.40. The Labute approximate surface area is 209 Å². The second kappa shape index (κ2) is 8.75. The van der Waals surface area contributed by atoms with Crippen LogP contribution in [0.15, 0.2) is 72.8 Å². The molecule has 2 unspecified atom stereocenters. The maximum absolute atomic E-state index is 13.9. The van der Waals surface area contributed by atoms with E-state index in [9.17, 15) is 9.59 Å². The van der Waals surface area contributed by atoms with Crippen molar-refractivity contribution >= 4 is 22.7 Å². The molecule has 182 valence electrons. The van der Waals surface area contributed by atoms with Crippen LogP contribution in [0.1, 0.15) is 28.4 Å². The Bertz CT molecular complexity index is 1460. The number of ether oxygens (including phenoxy) is 2. The first-order chi connectivity index (χ1) is 17.6. The van der Waals surface area contributed by atoms with Gasteiger partial charge in [-0.25, -0.2) is 0 Å².